The molecule has 2 atom stereocenters. The predicted molar refractivity (Wildman–Crippen MR) is 72.6 cm³/mol. The number of hydrogen-bond acceptors (Lipinski definition) is 3. The summed E-state index contributed by atoms with van der Waals surface area (Å²) in [5, 5.41) is 13.2. The van der Waals surface area contributed by atoms with Crippen molar-refractivity contribution >= 4 is 11.8 Å². The number of benzene rings is 1. The van der Waals surface area contributed by atoms with Gasteiger partial charge in [0.2, 0.25) is 0 Å². The van der Waals surface area contributed by atoms with E-state index in [4.69, 9.17) is 0 Å². The largest absolute Gasteiger partial charge is 0.508 e. The summed E-state index contributed by atoms with van der Waals surface area (Å²) in [7, 11) is 0. The summed E-state index contributed by atoms with van der Waals surface area (Å²) in [6.45, 7) is 1.15. The summed E-state index contributed by atoms with van der Waals surface area (Å²) in [5.74, 6) is 3.92. The van der Waals surface area contributed by atoms with E-state index in [1.165, 1.54) is 35.5 Å². The van der Waals surface area contributed by atoms with Gasteiger partial charge in [0, 0.05) is 6.04 Å². The molecule has 1 aliphatic carbocycles. The van der Waals surface area contributed by atoms with E-state index in [0.717, 1.165) is 18.9 Å². The lowest BCUT2D eigenvalue weighted by Gasteiger charge is -2.17. The van der Waals surface area contributed by atoms with E-state index >= 15 is 0 Å². The van der Waals surface area contributed by atoms with Gasteiger partial charge in [-0.3, -0.25) is 0 Å². The number of thioether (sulfide) groups is 1. The van der Waals surface area contributed by atoms with E-state index in [1.807, 2.05) is 12.1 Å². The highest BCUT2D eigenvalue weighted by Crippen LogP contribution is 2.33. The molecule has 17 heavy (non-hydrogen) atoms. The number of nitrogens with one attached hydrogen (secondary N) is 1. The van der Waals surface area contributed by atoms with Crippen molar-refractivity contribution in [2.24, 2.45) is 5.92 Å². The van der Waals surface area contributed by atoms with Crippen LogP contribution in [0, 0.1) is 5.92 Å². The van der Waals surface area contributed by atoms with Gasteiger partial charge in [-0.05, 0) is 66.5 Å². The lowest BCUT2D eigenvalue weighted by molar-refractivity contribution is 0.456. The van der Waals surface area contributed by atoms with Gasteiger partial charge in [-0.25, -0.2) is 0 Å². The van der Waals surface area contributed by atoms with Gasteiger partial charge in [-0.1, -0.05) is 6.07 Å². The Hall–Kier alpha value is -0.670. The molecular formula is C14H19NOS. The van der Waals surface area contributed by atoms with Crippen LogP contribution in [0.4, 0.5) is 0 Å². The highest BCUT2D eigenvalue weighted by Gasteiger charge is 2.24. The molecule has 92 valence electrons. The van der Waals surface area contributed by atoms with Crippen LogP contribution in [-0.2, 0) is 6.42 Å². The predicted octanol–water partition coefficient (Wildman–Crippen LogP) is 2.72. The Morgan fingerprint density at radius 1 is 1.35 bits per heavy atom. The molecule has 0 radical (unpaired) electrons. The third-order valence-corrected chi connectivity index (χ3v) is 5.11. The summed E-state index contributed by atoms with van der Waals surface area (Å²) in [4.78, 5) is 0. The fourth-order valence-corrected chi connectivity index (χ4v) is 4.15. The Morgan fingerprint density at radius 2 is 2.29 bits per heavy atom. The van der Waals surface area contributed by atoms with Crippen molar-refractivity contribution < 1.29 is 5.11 Å². The molecule has 0 amide bonds. The Kier molecular flexibility index (Phi) is 3.30. The first kappa shape index (κ1) is 11.4. The van der Waals surface area contributed by atoms with Crippen LogP contribution in [0.2, 0.25) is 0 Å². The molecule has 3 rings (SSSR count). The minimum atomic E-state index is 0.400. The zero-order valence-corrected chi connectivity index (χ0v) is 10.8. The van der Waals surface area contributed by atoms with Crippen LogP contribution in [-0.4, -0.2) is 23.2 Å². The van der Waals surface area contributed by atoms with Gasteiger partial charge >= 0.3 is 0 Å². The first-order chi connectivity index (χ1) is 8.33. The summed E-state index contributed by atoms with van der Waals surface area (Å²) < 4.78 is 0. The first-order valence-electron chi connectivity index (χ1n) is 6.46. The van der Waals surface area contributed by atoms with Gasteiger partial charge in [-0.15, -0.1) is 0 Å². The average molecular weight is 249 g/mol. The number of hydrogen-bond donors (Lipinski definition) is 2. The Bertz CT molecular complexity index is 401. The molecule has 2 N–H and O–H groups in total. The molecule has 1 aliphatic heterocycles. The number of rotatable bonds is 3. The van der Waals surface area contributed by atoms with E-state index in [9.17, 15) is 5.11 Å². The first-order valence-corrected chi connectivity index (χ1v) is 7.61. The van der Waals surface area contributed by atoms with Gasteiger partial charge < -0.3 is 10.4 Å². The van der Waals surface area contributed by atoms with Crippen LogP contribution in [0.25, 0.3) is 0 Å². The van der Waals surface area contributed by atoms with Gasteiger partial charge in [0.1, 0.15) is 5.75 Å². The lowest BCUT2D eigenvalue weighted by Crippen LogP contribution is -2.26. The fourth-order valence-electron chi connectivity index (χ4n) is 2.87. The maximum atomic E-state index is 9.46. The van der Waals surface area contributed by atoms with Gasteiger partial charge in [0.25, 0.3) is 0 Å². The van der Waals surface area contributed by atoms with Crippen LogP contribution < -0.4 is 5.32 Å². The molecule has 1 saturated heterocycles. The normalized spacial score (nSPS) is 27.3. The topological polar surface area (TPSA) is 32.3 Å². The molecule has 0 bridgehead atoms. The van der Waals surface area contributed by atoms with E-state index in [-0.39, 0.29) is 0 Å². The standard InChI is InChI=1S/C14H19NOS/c16-12-2-3-13-11(7-12)1-4-14(13)15-8-10-5-6-17-9-10/h2-3,7,10,14-16H,1,4-6,8-9H2. The third kappa shape index (κ3) is 2.45. The van der Waals surface area contributed by atoms with Crippen molar-refractivity contribution in [3.05, 3.63) is 29.3 Å². The van der Waals surface area contributed by atoms with Crippen LogP contribution in [0.1, 0.15) is 30.0 Å². The molecule has 0 spiro atoms. The van der Waals surface area contributed by atoms with Crippen LogP contribution in [0.5, 0.6) is 5.75 Å². The fraction of sp³-hybridized carbons (Fsp3) is 0.571. The minimum absolute atomic E-state index is 0.400. The van der Waals surface area contributed by atoms with Crippen molar-refractivity contribution in [2.45, 2.75) is 25.3 Å². The molecule has 1 heterocycles. The number of aromatic hydroxyl groups is 1. The minimum Gasteiger partial charge on any atom is -0.508 e. The zero-order chi connectivity index (χ0) is 11.7. The molecule has 2 aliphatic rings. The summed E-state index contributed by atoms with van der Waals surface area (Å²) in [6.07, 6.45) is 3.65. The molecule has 1 aromatic carbocycles. The number of phenols is 1. The summed E-state index contributed by atoms with van der Waals surface area (Å²) >= 11 is 2.08. The second-order valence-corrected chi connectivity index (χ2v) is 6.26. The Balaban J connectivity index is 1.63. The maximum absolute atomic E-state index is 9.46. The SMILES string of the molecule is Oc1ccc2c(c1)CCC2NCC1CCSC1. The molecule has 1 fully saturated rings. The Morgan fingerprint density at radius 3 is 3.12 bits per heavy atom. The monoisotopic (exact) mass is 249 g/mol. The van der Waals surface area contributed by atoms with Crippen molar-refractivity contribution in [1.82, 2.24) is 5.32 Å². The van der Waals surface area contributed by atoms with Crippen molar-refractivity contribution in [2.75, 3.05) is 18.1 Å². The maximum Gasteiger partial charge on any atom is 0.115 e. The number of fused-ring (bicyclic) bond motifs is 1. The second kappa shape index (κ2) is 4.91. The smallest absolute Gasteiger partial charge is 0.115 e. The summed E-state index contributed by atoms with van der Waals surface area (Å²) in [5.41, 5.74) is 2.72. The molecule has 2 nitrogen and oxygen atoms in total. The molecule has 1 aromatic rings. The van der Waals surface area contributed by atoms with Gasteiger partial charge in [0.05, 0.1) is 0 Å². The van der Waals surface area contributed by atoms with E-state index in [1.54, 1.807) is 0 Å². The van der Waals surface area contributed by atoms with Crippen molar-refractivity contribution in [3.63, 3.8) is 0 Å². The third-order valence-electron chi connectivity index (χ3n) is 3.88. The van der Waals surface area contributed by atoms with E-state index in [2.05, 4.69) is 23.1 Å². The molecule has 0 saturated carbocycles. The van der Waals surface area contributed by atoms with E-state index in [0.29, 0.717) is 11.8 Å². The highest BCUT2D eigenvalue weighted by molar-refractivity contribution is 7.99. The lowest BCUT2D eigenvalue weighted by atomic mass is 10.1. The van der Waals surface area contributed by atoms with Crippen LogP contribution in [0.3, 0.4) is 0 Å². The Labute approximate surface area is 107 Å². The number of phenolic OH excluding ortho intramolecular Hbond substituents is 1. The molecular weight excluding hydrogens is 230 g/mol. The molecule has 3 heteroatoms. The van der Waals surface area contributed by atoms with Crippen molar-refractivity contribution in [1.29, 1.82) is 0 Å². The van der Waals surface area contributed by atoms with E-state index < -0.39 is 0 Å². The zero-order valence-electron chi connectivity index (χ0n) is 9.98. The van der Waals surface area contributed by atoms with Gasteiger partial charge in [-0.2, -0.15) is 11.8 Å². The average Bonchev–Trinajstić information content (AvgIpc) is 2.94. The highest BCUT2D eigenvalue weighted by atomic mass is 32.2. The quantitative estimate of drug-likeness (QED) is 0.864. The second-order valence-electron chi connectivity index (χ2n) is 5.11. The van der Waals surface area contributed by atoms with Crippen LogP contribution in [0.15, 0.2) is 18.2 Å². The van der Waals surface area contributed by atoms with Crippen molar-refractivity contribution in [3.8, 4) is 5.75 Å². The number of aryl methyl sites for hydroxylation is 1. The summed E-state index contributed by atoms with van der Waals surface area (Å²) in [6, 6.07) is 6.32. The molecule has 0 aromatic heterocycles. The van der Waals surface area contributed by atoms with Crippen LogP contribution >= 0.6 is 11.8 Å². The molecule has 2 unspecified atom stereocenters. The van der Waals surface area contributed by atoms with Gasteiger partial charge in [0.15, 0.2) is 0 Å².